The van der Waals surface area contributed by atoms with Gasteiger partial charge in [0, 0.05) is 25.7 Å². The highest BCUT2D eigenvalue weighted by molar-refractivity contribution is 14.0. The van der Waals surface area contributed by atoms with Crippen LogP contribution in [0, 0.1) is 6.92 Å². The number of hydrogen-bond donors (Lipinski definition) is 2. The standard InChI is InChI=1S/C20H28N4S.HI/c1-3-21-20(22-15-17-7-4-6-16(2)14-17)23-18-9-11-24(12-10-18)19-8-5-13-25-19;/h4-8,13-14,18H,3,9-12,15H2,1-2H3,(H2,21,22,23);1H. The fourth-order valence-corrected chi connectivity index (χ4v) is 3.97. The summed E-state index contributed by atoms with van der Waals surface area (Å²) in [5.74, 6) is 0.929. The van der Waals surface area contributed by atoms with E-state index < -0.39 is 0 Å². The number of nitrogens with one attached hydrogen (secondary N) is 2. The van der Waals surface area contributed by atoms with Crippen LogP contribution in [0.1, 0.15) is 30.9 Å². The van der Waals surface area contributed by atoms with E-state index in [-0.39, 0.29) is 24.0 Å². The van der Waals surface area contributed by atoms with E-state index in [0.717, 1.165) is 38.4 Å². The van der Waals surface area contributed by atoms with E-state index in [4.69, 9.17) is 4.99 Å². The van der Waals surface area contributed by atoms with Gasteiger partial charge in [-0.25, -0.2) is 4.99 Å². The minimum Gasteiger partial charge on any atom is -0.363 e. The lowest BCUT2D eigenvalue weighted by Crippen LogP contribution is -2.48. The number of rotatable bonds is 5. The number of benzene rings is 1. The van der Waals surface area contributed by atoms with Crippen molar-refractivity contribution in [3.8, 4) is 0 Å². The third kappa shape index (κ3) is 6.16. The minimum atomic E-state index is 0. The van der Waals surface area contributed by atoms with Gasteiger partial charge in [-0.05, 0) is 49.8 Å². The molecule has 2 heterocycles. The Morgan fingerprint density at radius 1 is 1.23 bits per heavy atom. The molecule has 2 N–H and O–H groups in total. The Kier molecular flexibility index (Phi) is 8.71. The number of nitrogens with zero attached hydrogens (tertiary/aromatic N) is 2. The summed E-state index contributed by atoms with van der Waals surface area (Å²) in [5.41, 5.74) is 2.54. The molecule has 0 atom stereocenters. The molecule has 1 aliphatic heterocycles. The quantitative estimate of drug-likeness (QED) is 0.376. The van der Waals surface area contributed by atoms with Gasteiger partial charge in [0.15, 0.2) is 5.96 Å². The third-order valence-corrected chi connectivity index (χ3v) is 5.43. The molecule has 3 rings (SSSR count). The first kappa shape index (κ1) is 21.0. The van der Waals surface area contributed by atoms with Gasteiger partial charge < -0.3 is 15.5 Å². The van der Waals surface area contributed by atoms with Crippen LogP contribution in [0.25, 0.3) is 0 Å². The molecule has 1 aliphatic rings. The van der Waals surface area contributed by atoms with Crippen molar-refractivity contribution < 1.29 is 0 Å². The normalized spacial score (nSPS) is 15.5. The molecule has 26 heavy (non-hydrogen) atoms. The highest BCUT2D eigenvalue weighted by atomic mass is 127. The smallest absolute Gasteiger partial charge is 0.191 e. The average Bonchev–Trinajstić information content (AvgIpc) is 3.15. The number of piperidine rings is 1. The maximum atomic E-state index is 4.77. The molecular weight excluding hydrogens is 455 g/mol. The highest BCUT2D eigenvalue weighted by Gasteiger charge is 2.20. The minimum absolute atomic E-state index is 0. The molecule has 0 aliphatic carbocycles. The molecule has 0 radical (unpaired) electrons. The highest BCUT2D eigenvalue weighted by Crippen LogP contribution is 2.24. The van der Waals surface area contributed by atoms with E-state index in [2.05, 4.69) is 71.2 Å². The number of guanidine groups is 1. The number of aliphatic imine (C=N–C) groups is 1. The second-order valence-corrected chi connectivity index (χ2v) is 7.47. The van der Waals surface area contributed by atoms with Gasteiger partial charge in [-0.3, -0.25) is 0 Å². The number of aryl methyl sites for hydroxylation is 1. The number of halogens is 1. The van der Waals surface area contributed by atoms with Crippen LogP contribution < -0.4 is 15.5 Å². The lowest BCUT2D eigenvalue weighted by atomic mass is 10.1. The summed E-state index contributed by atoms with van der Waals surface area (Å²) < 4.78 is 0. The van der Waals surface area contributed by atoms with E-state index in [0.29, 0.717) is 12.6 Å². The van der Waals surface area contributed by atoms with Gasteiger partial charge in [0.1, 0.15) is 0 Å². The number of anilines is 1. The zero-order valence-corrected chi connectivity index (χ0v) is 18.7. The van der Waals surface area contributed by atoms with Crippen molar-refractivity contribution in [1.29, 1.82) is 0 Å². The van der Waals surface area contributed by atoms with Crippen LogP contribution in [0.4, 0.5) is 5.00 Å². The molecule has 2 aromatic rings. The molecule has 0 spiro atoms. The van der Waals surface area contributed by atoms with Crippen LogP contribution in [0.5, 0.6) is 0 Å². The van der Waals surface area contributed by atoms with Crippen LogP contribution in [0.3, 0.4) is 0 Å². The van der Waals surface area contributed by atoms with E-state index in [9.17, 15) is 0 Å². The molecule has 0 saturated carbocycles. The first-order valence-electron chi connectivity index (χ1n) is 9.13. The fourth-order valence-electron chi connectivity index (χ4n) is 3.19. The fraction of sp³-hybridized carbons (Fsp3) is 0.450. The molecule has 1 saturated heterocycles. The zero-order valence-electron chi connectivity index (χ0n) is 15.6. The number of hydrogen-bond acceptors (Lipinski definition) is 3. The van der Waals surface area contributed by atoms with Crippen molar-refractivity contribution in [3.05, 3.63) is 52.9 Å². The zero-order chi connectivity index (χ0) is 17.5. The van der Waals surface area contributed by atoms with E-state index in [1.54, 1.807) is 0 Å². The predicted molar refractivity (Wildman–Crippen MR) is 124 cm³/mol. The summed E-state index contributed by atoms with van der Waals surface area (Å²) in [4.78, 5) is 7.26. The molecule has 0 amide bonds. The van der Waals surface area contributed by atoms with E-state index >= 15 is 0 Å². The summed E-state index contributed by atoms with van der Waals surface area (Å²) in [5, 5.41) is 10.5. The molecule has 1 fully saturated rings. The first-order chi connectivity index (χ1) is 12.2. The number of thiophene rings is 1. The van der Waals surface area contributed by atoms with Crippen molar-refractivity contribution >= 4 is 46.3 Å². The van der Waals surface area contributed by atoms with Gasteiger partial charge in [0.2, 0.25) is 0 Å². The summed E-state index contributed by atoms with van der Waals surface area (Å²) >= 11 is 1.83. The summed E-state index contributed by atoms with van der Waals surface area (Å²) in [6.45, 7) is 8.05. The Bertz CT molecular complexity index is 679. The summed E-state index contributed by atoms with van der Waals surface area (Å²) in [6.07, 6.45) is 2.29. The Morgan fingerprint density at radius 2 is 2.04 bits per heavy atom. The SMILES string of the molecule is CCNC(=NCc1cccc(C)c1)NC1CCN(c2cccs2)CC1.I. The van der Waals surface area contributed by atoms with Crippen LogP contribution in [-0.4, -0.2) is 31.6 Å². The molecule has 1 aromatic carbocycles. The van der Waals surface area contributed by atoms with Crippen LogP contribution in [0.15, 0.2) is 46.8 Å². The first-order valence-corrected chi connectivity index (χ1v) is 10.0. The predicted octanol–water partition coefficient (Wildman–Crippen LogP) is 4.40. The molecule has 0 bridgehead atoms. The van der Waals surface area contributed by atoms with Gasteiger partial charge in [0.25, 0.3) is 0 Å². The molecule has 0 unspecified atom stereocenters. The Hall–Kier alpha value is -1.28. The third-order valence-electron chi connectivity index (χ3n) is 4.50. The Labute approximate surface area is 178 Å². The van der Waals surface area contributed by atoms with Gasteiger partial charge in [-0.2, -0.15) is 0 Å². The van der Waals surface area contributed by atoms with Crippen molar-refractivity contribution in [1.82, 2.24) is 10.6 Å². The topological polar surface area (TPSA) is 39.7 Å². The molecule has 1 aromatic heterocycles. The van der Waals surface area contributed by atoms with Crippen LogP contribution >= 0.6 is 35.3 Å². The maximum Gasteiger partial charge on any atom is 0.191 e. The molecule has 142 valence electrons. The molecule has 4 nitrogen and oxygen atoms in total. The Balaban J connectivity index is 0.00000243. The van der Waals surface area contributed by atoms with Crippen molar-refractivity contribution in [2.24, 2.45) is 4.99 Å². The summed E-state index contributed by atoms with van der Waals surface area (Å²) in [7, 11) is 0. The lowest BCUT2D eigenvalue weighted by Gasteiger charge is -2.33. The summed E-state index contributed by atoms with van der Waals surface area (Å²) in [6, 6.07) is 13.4. The van der Waals surface area contributed by atoms with Crippen molar-refractivity contribution in [3.63, 3.8) is 0 Å². The second kappa shape index (κ2) is 10.8. The van der Waals surface area contributed by atoms with Gasteiger partial charge in [-0.15, -0.1) is 35.3 Å². The molecular formula is C20H29IN4S. The van der Waals surface area contributed by atoms with Crippen LogP contribution in [0.2, 0.25) is 0 Å². The molecule has 6 heteroatoms. The monoisotopic (exact) mass is 484 g/mol. The van der Waals surface area contributed by atoms with Crippen LogP contribution in [-0.2, 0) is 6.54 Å². The lowest BCUT2D eigenvalue weighted by molar-refractivity contribution is 0.463. The van der Waals surface area contributed by atoms with E-state index in [1.807, 2.05) is 11.3 Å². The average molecular weight is 484 g/mol. The van der Waals surface area contributed by atoms with Gasteiger partial charge in [-0.1, -0.05) is 29.8 Å². The van der Waals surface area contributed by atoms with Gasteiger partial charge >= 0.3 is 0 Å². The second-order valence-electron chi connectivity index (χ2n) is 6.54. The maximum absolute atomic E-state index is 4.77. The Morgan fingerprint density at radius 3 is 2.69 bits per heavy atom. The van der Waals surface area contributed by atoms with Gasteiger partial charge in [0.05, 0.1) is 11.5 Å². The van der Waals surface area contributed by atoms with Crippen molar-refractivity contribution in [2.45, 2.75) is 39.3 Å². The van der Waals surface area contributed by atoms with Crippen molar-refractivity contribution in [2.75, 3.05) is 24.5 Å². The van der Waals surface area contributed by atoms with E-state index in [1.165, 1.54) is 16.1 Å². The largest absolute Gasteiger partial charge is 0.363 e.